The third-order valence-electron chi connectivity index (χ3n) is 3.76. The van der Waals surface area contributed by atoms with Crippen molar-refractivity contribution < 1.29 is 27.5 Å². The summed E-state index contributed by atoms with van der Waals surface area (Å²) in [5.74, 6) is -1.00. The Morgan fingerprint density at radius 2 is 1.59 bits per heavy atom. The van der Waals surface area contributed by atoms with Gasteiger partial charge in [-0.15, -0.1) is 0 Å². The highest BCUT2D eigenvalue weighted by Gasteiger charge is 2.12. The van der Waals surface area contributed by atoms with Gasteiger partial charge in [0.25, 0.3) is 0 Å². The van der Waals surface area contributed by atoms with Crippen molar-refractivity contribution in [3.8, 4) is 11.3 Å². The molecule has 138 valence electrons. The molecule has 0 aliphatic heterocycles. The lowest BCUT2D eigenvalue weighted by Gasteiger charge is -2.03. The van der Waals surface area contributed by atoms with Crippen LogP contribution in [0.4, 0.5) is 8.78 Å². The molecule has 0 spiro atoms. The van der Waals surface area contributed by atoms with Crippen LogP contribution in [0.25, 0.3) is 11.3 Å². The summed E-state index contributed by atoms with van der Waals surface area (Å²) in [6.07, 6.45) is 1.68. The standard InChI is InChI=1S/C20H15F2NO4/c21-15-5-1-13(2-6-15)17(24)12-26-20(25)10-9-19-23-11-18(27-19)14-3-7-16(22)8-4-14/h1-8,11H,9-10,12H2. The molecule has 3 rings (SSSR count). The number of ketones is 1. The van der Waals surface area contributed by atoms with E-state index in [0.717, 1.165) is 12.1 Å². The maximum Gasteiger partial charge on any atom is 0.306 e. The van der Waals surface area contributed by atoms with Gasteiger partial charge in [-0.3, -0.25) is 9.59 Å². The molecule has 0 saturated carbocycles. The summed E-state index contributed by atoms with van der Waals surface area (Å²) in [5, 5.41) is 0. The molecule has 5 nitrogen and oxygen atoms in total. The Labute approximate surface area is 153 Å². The molecule has 0 aliphatic carbocycles. The zero-order chi connectivity index (χ0) is 19.2. The minimum Gasteiger partial charge on any atom is -0.457 e. The number of Topliss-reactive ketones (excluding diaryl/α,β-unsaturated/α-hetero) is 1. The van der Waals surface area contributed by atoms with Gasteiger partial charge in [-0.25, -0.2) is 13.8 Å². The first kappa shape index (κ1) is 18.4. The fraction of sp³-hybridized carbons (Fsp3) is 0.150. The minimum atomic E-state index is -0.577. The maximum absolute atomic E-state index is 12.9. The molecular formula is C20H15F2NO4. The van der Waals surface area contributed by atoms with Crippen LogP contribution in [0.15, 0.2) is 59.1 Å². The lowest BCUT2D eigenvalue weighted by atomic mass is 10.1. The SMILES string of the molecule is O=C(CCc1ncc(-c2ccc(F)cc2)o1)OCC(=O)c1ccc(F)cc1. The van der Waals surface area contributed by atoms with E-state index in [9.17, 15) is 18.4 Å². The summed E-state index contributed by atoms with van der Waals surface area (Å²) >= 11 is 0. The Kier molecular flexibility index (Phi) is 5.71. The van der Waals surface area contributed by atoms with Gasteiger partial charge >= 0.3 is 5.97 Å². The van der Waals surface area contributed by atoms with E-state index in [1.54, 1.807) is 12.1 Å². The Hall–Kier alpha value is -3.35. The van der Waals surface area contributed by atoms with Crippen LogP contribution in [0.3, 0.4) is 0 Å². The van der Waals surface area contributed by atoms with Gasteiger partial charge in [0.05, 0.1) is 12.6 Å². The van der Waals surface area contributed by atoms with Crippen molar-refractivity contribution in [1.29, 1.82) is 0 Å². The normalized spacial score (nSPS) is 10.6. The average Bonchev–Trinajstić information content (AvgIpc) is 3.14. The number of rotatable bonds is 7. The van der Waals surface area contributed by atoms with Crippen LogP contribution in [-0.4, -0.2) is 23.3 Å². The Balaban J connectivity index is 1.47. The first-order valence-corrected chi connectivity index (χ1v) is 8.16. The fourth-order valence-electron chi connectivity index (χ4n) is 2.32. The van der Waals surface area contributed by atoms with Crippen LogP contribution < -0.4 is 0 Å². The highest BCUT2D eigenvalue weighted by atomic mass is 19.1. The van der Waals surface area contributed by atoms with E-state index < -0.39 is 24.2 Å². The van der Waals surface area contributed by atoms with Gasteiger partial charge in [0.1, 0.15) is 11.6 Å². The molecule has 27 heavy (non-hydrogen) atoms. The number of hydrogen-bond acceptors (Lipinski definition) is 5. The van der Waals surface area contributed by atoms with E-state index in [1.807, 2.05) is 0 Å². The summed E-state index contributed by atoms with van der Waals surface area (Å²) in [6, 6.07) is 10.7. The van der Waals surface area contributed by atoms with E-state index in [1.165, 1.54) is 30.5 Å². The topological polar surface area (TPSA) is 69.4 Å². The minimum absolute atomic E-state index is 0.0138. The quantitative estimate of drug-likeness (QED) is 0.464. The summed E-state index contributed by atoms with van der Waals surface area (Å²) in [5.41, 5.74) is 0.934. The van der Waals surface area contributed by atoms with E-state index in [-0.39, 0.29) is 24.2 Å². The predicted octanol–water partition coefficient (Wildman–Crippen LogP) is 3.98. The molecule has 0 N–H and O–H groups in total. The van der Waals surface area contributed by atoms with Crippen molar-refractivity contribution in [3.63, 3.8) is 0 Å². The first-order valence-electron chi connectivity index (χ1n) is 8.16. The zero-order valence-electron chi connectivity index (χ0n) is 14.2. The predicted molar refractivity (Wildman–Crippen MR) is 91.9 cm³/mol. The third-order valence-corrected chi connectivity index (χ3v) is 3.76. The summed E-state index contributed by atoms with van der Waals surface area (Å²) in [6.45, 7) is -0.420. The second-order valence-electron chi connectivity index (χ2n) is 5.72. The fourth-order valence-corrected chi connectivity index (χ4v) is 2.32. The van der Waals surface area contributed by atoms with Crippen LogP contribution in [0, 0.1) is 11.6 Å². The molecule has 0 saturated heterocycles. The number of ether oxygens (including phenoxy) is 1. The average molecular weight is 371 g/mol. The second-order valence-corrected chi connectivity index (χ2v) is 5.72. The van der Waals surface area contributed by atoms with Crippen molar-refractivity contribution >= 4 is 11.8 Å². The molecule has 0 fully saturated rings. The number of nitrogens with zero attached hydrogens (tertiary/aromatic N) is 1. The Morgan fingerprint density at radius 3 is 2.26 bits per heavy atom. The van der Waals surface area contributed by atoms with E-state index in [0.29, 0.717) is 17.2 Å². The van der Waals surface area contributed by atoms with Crippen LogP contribution in [-0.2, 0) is 16.0 Å². The van der Waals surface area contributed by atoms with Gasteiger partial charge < -0.3 is 9.15 Å². The maximum atomic E-state index is 12.9. The summed E-state index contributed by atoms with van der Waals surface area (Å²) in [7, 11) is 0. The smallest absolute Gasteiger partial charge is 0.306 e. The van der Waals surface area contributed by atoms with Crippen LogP contribution in [0.2, 0.25) is 0 Å². The molecular weight excluding hydrogens is 356 g/mol. The van der Waals surface area contributed by atoms with Crippen molar-refractivity contribution in [2.45, 2.75) is 12.8 Å². The zero-order valence-corrected chi connectivity index (χ0v) is 14.2. The molecule has 0 atom stereocenters. The van der Waals surface area contributed by atoms with Gasteiger partial charge in [-0.05, 0) is 48.5 Å². The van der Waals surface area contributed by atoms with Crippen molar-refractivity contribution in [2.24, 2.45) is 0 Å². The Morgan fingerprint density at radius 1 is 0.963 bits per heavy atom. The van der Waals surface area contributed by atoms with Crippen LogP contribution in [0.5, 0.6) is 0 Å². The lowest BCUT2D eigenvalue weighted by molar-refractivity contribution is -0.142. The molecule has 1 heterocycles. The summed E-state index contributed by atoms with van der Waals surface area (Å²) < 4.78 is 36.2. The van der Waals surface area contributed by atoms with Gasteiger partial charge in [0.15, 0.2) is 24.0 Å². The summed E-state index contributed by atoms with van der Waals surface area (Å²) in [4.78, 5) is 27.7. The molecule has 3 aromatic rings. The number of hydrogen-bond donors (Lipinski definition) is 0. The van der Waals surface area contributed by atoms with Crippen molar-refractivity contribution in [2.75, 3.05) is 6.61 Å². The molecule has 7 heteroatoms. The first-order chi connectivity index (χ1) is 13.0. The molecule has 0 amide bonds. The molecule has 0 radical (unpaired) electrons. The van der Waals surface area contributed by atoms with E-state index in [2.05, 4.69) is 4.98 Å². The Bertz CT molecular complexity index is 933. The van der Waals surface area contributed by atoms with Crippen LogP contribution in [0.1, 0.15) is 22.7 Å². The molecule has 0 unspecified atom stereocenters. The number of benzene rings is 2. The number of esters is 1. The molecule has 0 aliphatic rings. The molecule has 2 aromatic carbocycles. The highest BCUT2D eigenvalue weighted by molar-refractivity contribution is 5.97. The number of halogens is 2. The monoisotopic (exact) mass is 371 g/mol. The number of oxazole rings is 1. The van der Waals surface area contributed by atoms with Gasteiger partial charge in [-0.1, -0.05) is 0 Å². The third kappa shape index (κ3) is 5.07. The van der Waals surface area contributed by atoms with Gasteiger partial charge in [0.2, 0.25) is 0 Å². The second kappa shape index (κ2) is 8.35. The number of aromatic nitrogens is 1. The van der Waals surface area contributed by atoms with E-state index in [4.69, 9.17) is 9.15 Å². The van der Waals surface area contributed by atoms with Gasteiger partial charge in [0, 0.05) is 17.5 Å². The number of aryl methyl sites for hydroxylation is 1. The van der Waals surface area contributed by atoms with Gasteiger partial charge in [-0.2, -0.15) is 0 Å². The lowest BCUT2D eigenvalue weighted by Crippen LogP contribution is -2.14. The van der Waals surface area contributed by atoms with Crippen molar-refractivity contribution in [1.82, 2.24) is 4.98 Å². The van der Waals surface area contributed by atoms with E-state index >= 15 is 0 Å². The number of carbonyl (C=O) groups is 2. The largest absolute Gasteiger partial charge is 0.457 e. The highest BCUT2D eigenvalue weighted by Crippen LogP contribution is 2.21. The number of carbonyl (C=O) groups excluding carboxylic acids is 2. The van der Waals surface area contributed by atoms with Crippen LogP contribution >= 0.6 is 0 Å². The van der Waals surface area contributed by atoms with Crippen molar-refractivity contribution in [3.05, 3.63) is 77.8 Å². The molecule has 1 aromatic heterocycles. The molecule has 0 bridgehead atoms.